The number of nitriles is 1. The lowest BCUT2D eigenvalue weighted by Crippen LogP contribution is -2.05. The van der Waals surface area contributed by atoms with Gasteiger partial charge in [0, 0.05) is 11.3 Å². The minimum Gasteiger partial charge on any atom is -0.276 e. The van der Waals surface area contributed by atoms with Crippen LogP contribution in [0.15, 0.2) is 6.07 Å². The lowest BCUT2D eigenvalue weighted by Gasteiger charge is -2.07. The summed E-state index contributed by atoms with van der Waals surface area (Å²) in [4.78, 5) is 14.5. The standard InChI is InChI=1S/C9H5ClF2N2O/c1-4-2-5(8(10)15)7(9(11)12)6(3-13)14-4/h2,9H,1H3. The van der Waals surface area contributed by atoms with Crippen molar-refractivity contribution in [2.75, 3.05) is 0 Å². The molecular formula is C9H5ClF2N2O. The zero-order valence-corrected chi connectivity index (χ0v) is 8.35. The molecule has 0 spiro atoms. The molecule has 0 aliphatic rings. The van der Waals surface area contributed by atoms with Crippen molar-refractivity contribution in [3.8, 4) is 6.07 Å². The van der Waals surface area contributed by atoms with Gasteiger partial charge in [0.2, 0.25) is 0 Å². The molecule has 0 amide bonds. The molecule has 0 aromatic carbocycles. The molecule has 0 saturated heterocycles. The van der Waals surface area contributed by atoms with Crippen LogP contribution in [0.2, 0.25) is 0 Å². The Bertz CT molecular complexity index is 454. The van der Waals surface area contributed by atoms with E-state index in [1.54, 1.807) is 0 Å². The molecule has 0 aliphatic heterocycles. The van der Waals surface area contributed by atoms with Crippen LogP contribution in [0.3, 0.4) is 0 Å². The van der Waals surface area contributed by atoms with E-state index >= 15 is 0 Å². The molecule has 0 saturated carbocycles. The van der Waals surface area contributed by atoms with Gasteiger partial charge in [-0.25, -0.2) is 13.8 Å². The Kier molecular flexibility index (Phi) is 3.32. The quantitative estimate of drug-likeness (QED) is 0.734. The summed E-state index contributed by atoms with van der Waals surface area (Å²) in [5.74, 6) is 0. The fraction of sp³-hybridized carbons (Fsp3) is 0.222. The van der Waals surface area contributed by atoms with Crippen LogP contribution in [0, 0.1) is 18.3 Å². The molecule has 0 N–H and O–H groups in total. The maximum absolute atomic E-state index is 12.6. The largest absolute Gasteiger partial charge is 0.276 e. The van der Waals surface area contributed by atoms with Crippen molar-refractivity contribution in [3.05, 3.63) is 28.6 Å². The second-order valence-electron chi connectivity index (χ2n) is 2.76. The number of hydrogen-bond donors (Lipinski definition) is 0. The number of rotatable bonds is 2. The Hall–Kier alpha value is -1.54. The zero-order valence-electron chi connectivity index (χ0n) is 7.59. The van der Waals surface area contributed by atoms with E-state index in [4.69, 9.17) is 16.9 Å². The summed E-state index contributed by atoms with van der Waals surface area (Å²) >= 11 is 5.14. The van der Waals surface area contributed by atoms with Crippen molar-refractivity contribution in [2.24, 2.45) is 0 Å². The highest BCUT2D eigenvalue weighted by molar-refractivity contribution is 6.68. The van der Waals surface area contributed by atoms with Crippen LogP contribution >= 0.6 is 11.6 Å². The van der Waals surface area contributed by atoms with Gasteiger partial charge >= 0.3 is 0 Å². The summed E-state index contributed by atoms with van der Waals surface area (Å²) in [6, 6.07) is 2.65. The van der Waals surface area contributed by atoms with Crippen LogP contribution in [0.5, 0.6) is 0 Å². The molecule has 0 aliphatic carbocycles. The SMILES string of the molecule is Cc1cc(C(=O)Cl)c(C(F)F)c(C#N)n1. The monoisotopic (exact) mass is 230 g/mol. The number of aromatic nitrogens is 1. The van der Waals surface area contributed by atoms with Gasteiger partial charge in [0.05, 0.1) is 5.56 Å². The molecule has 0 atom stereocenters. The maximum atomic E-state index is 12.6. The van der Waals surface area contributed by atoms with Crippen molar-refractivity contribution in [3.63, 3.8) is 0 Å². The van der Waals surface area contributed by atoms with Crippen molar-refractivity contribution >= 4 is 16.8 Å². The zero-order chi connectivity index (χ0) is 11.6. The minimum atomic E-state index is -2.95. The molecule has 1 aromatic heterocycles. The Morgan fingerprint density at radius 3 is 2.67 bits per heavy atom. The van der Waals surface area contributed by atoms with Gasteiger partial charge in [-0.2, -0.15) is 5.26 Å². The summed E-state index contributed by atoms with van der Waals surface area (Å²) in [6.45, 7) is 1.49. The number of carbonyl (C=O) groups is 1. The van der Waals surface area contributed by atoms with Crippen LogP contribution < -0.4 is 0 Å². The van der Waals surface area contributed by atoms with Crippen molar-refractivity contribution < 1.29 is 13.6 Å². The van der Waals surface area contributed by atoms with Gasteiger partial charge in [-0.15, -0.1) is 0 Å². The van der Waals surface area contributed by atoms with E-state index in [0.717, 1.165) is 6.07 Å². The molecule has 1 aromatic rings. The van der Waals surface area contributed by atoms with Crippen molar-refractivity contribution in [2.45, 2.75) is 13.3 Å². The first-order valence-electron chi connectivity index (χ1n) is 3.87. The van der Waals surface area contributed by atoms with Gasteiger partial charge < -0.3 is 0 Å². The highest BCUT2D eigenvalue weighted by Gasteiger charge is 2.23. The summed E-state index contributed by atoms with van der Waals surface area (Å²) in [5.41, 5.74) is -1.24. The predicted octanol–water partition coefficient (Wildman–Crippen LogP) is 2.58. The molecular weight excluding hydrogens is 226 g/mol. The van der Waals surface area contributed by atoms with Crippen LogP contribution in [-0.4, -0.2) is 10.2 Å². The topological polar surface area (TPSA) is 53.8 Å². The van der Waals surface area contributed by atoms with E-state index in [0.29, 0.717) is 5.69 Å². The van der Waals surface area contributed by atoms with Crippen LogP contribution in [-0.2, 0) is 0 Å². The number of carbonyl (C=O) groups excluding carboxylic acids is 1. The Labute approximate surface area is 89.3 Å². The first kappa shape index (κ1) is 11.5. The first-order chi connectivity index (χ1) is 6.97. The predicted molar refractivity (Wildman–Crippen MR) is 48.8 cm³/mol. The molecule has 3 nitrogen and oxygen atoms in total. The van der Waals surface area contributed by atoms with Crippen LogP contribution in [0.4, 0.5) is 8.78 Å². The van der Waals surface area contributed by atoms with Gasteiger partial charge in [0.15, 0.2) is 0 Å². The highest BCUT2D eigenvalue weighted by Crippen LogP contribution is 2.27. The average Bonchev–Trinajstić information content (AvgIpc) is 2.15. The highest BCUT2D eigenvalue weighted by atomic mass is 35.5. The van der Waals surface area contributed by atoms with Crippen LogP contribution in [0.1, 0.15) is 33.7 Å². The number of hydrogen-bond acceptors (Lipinski definition) is 3. The third-order valence-corrected chi connectivity index (χ3v) is 1.93. The van der Waals surface area contributed by atoms with E-state index in [9.17, 15) is 13.6 Å². The third kappa shape index (κ3) is 2.28. The third-order valence-electron chi connectivity index (χ3n) is 1.72. The van der Waals surface area contributed by atoms with Gasteiger partial charge in [0.25, 0.3) is 11.7 Å². The Morgan fingerprint density at radius 1 is 1.67 bits per heavy atom. The van der Waals surface area contributed by atoms with E-state index in [1.807, 2.05) is 0 Å². The lowest BCUT2D eigenvalue weighted by atomic mass is 10.1. The molecule has 1 heterocycles. The van der Waals surface area contributed by atoms with Gasteiger partial charge in [-0.05, 0) is 24.6 Å². The normalized spacial score (nSPS) is 10.1. The molecule has 0 unspecified atom stereocenters. The molecule has 6 heteroatoms. The molecule has 15 heavy (non-hydrogen) atoms. The van der Waals surface area contributed by atoms with Crippen LogP contribution in [0.25, 0.3) is 0 Å². The molecule has 1 rings (SSSR count). The van der Waals surface area contributed by atoms with Gasteiger partial charge in [0.1, 0.15) is 11.8 Å². The molecule has 78 valence electrons. The second-order valence-corrected chi connectivity index (χ2v) is 3.10. The summed E-state index contributed by atoms with van der Waals surface area (Å²) in [7, 11) is 0. The summed E-state index contributed by atoms with van der Waals surface area (Å²) in [6.07, 6.45) is -2.95. The van der Waals surface area contributed by atoms with E-state index < -0.39 is 22.9 Å². The lowest BCUT2D eigenvalue weighted by molar-refractivity contribution is 0.106. The molecule has 0 radical (unpaired) electrons. The number of nitrogens with zero attached hydrogens (tertiary/aromatic N) is 2. The molecule has 0 fully saturated rings. The summed E-state index contributed by atoms with van der Waals surface area (Å²) in [5, 5.41) is 7.58. The van der Waals surface area contributed by atoms with Gasteiger partial charge in [-0.3, -0.25) is 4.79 Å². The minimum absolute atomic E-state index is 0.292. The van der Waals surface area contributed by atoms with Crippen molar-refractivity contribution in [1.82, 2.24) is 4.98 Å². The number of pyridine rings is 1. The maximum Gasteiger partial charge on any atom is 0.267 e. The number of halogens is 3. The second kappa shape index (κ2) is 4.32. The first-order valence-corrected chi connectivity index (χ1v) is 4.24. The summed E-state index contributed by atoms with van der Waals surface area (Å²) < 4.78 is 25.1. The fourth-order valence-electron chi connectivity index (χ4n) is 1.15. The number of aryl methyl sites for hydroxylation is 1. The molecule has 0 bridgehead atoms. The average molecular weight is 231 g/mol. The van der Waals surface area contributed by atoms with E-state index in [1.165, 1.54) is 13.0 Å². The fourth-order valence-corrected chi connectivity index (χ4v) is 1.31. The van der Waals surface area contributed by atoms with Gasteiger partial charge in [-0.1, -0.05) is 0 Å². The number of alkyl halides is 2. The smallest absolute Gasteiger partial charge is 0.267 e. The van der Waals surface area contributed by atoms with Crippen molar-refractivity contribution in [1.29, 1.82) is 5.26 Å². The Balaban J connectivity index is 3.56. The Morgan fingerprint density at radius 2 is 2.27 bits per heavy atom. The van der Waals surface area contributed by atoms with E-state index in [-0.39, 0.29) is 5.56 Å². The van der Waals surface area contributed by atoms with E-state index in [2.05, 4.69) is 4.98 Å².